The lowest BCUT2D eigenvalue weighted by molar-refractivity contribution is 0.313. The molecule has 0 aliphatic rings. The molecule has 1 aromatic carbocycles. The zero-order valence-corrected chi connectivity index (χ0v) is 16.2. The lowest BCUT2D eigenvalue weighted by Gasteiger charge is -2.06. The molecule has 0 amide bonds. The highest BCUT2D eigenvalue weighted by Crippen LogP contribution is 2.24. The van der Waals surface area contributed by atoms with Gasteiger partial charge in [0.1, 0.15) is 0 Å². The summed E-state index contributed by atoms with van der Waals surface area (Å²) in [5, 5.41) is 11.1. The molecular formula is C19H18BrN3O4. The topological polar surface area (TPSA) is 108 Å². The van der Waals surface area contributed by atoms with Crippen molar-refractivity contribution in [3.05, 3.63) is 66.8 Å². The van der Waals surface area contributed by atoms with Crippen LogP contribution >= 0.6 is 15.9 Å². The van der Waals surface area contributed by atoms with Gasteiger partial charge in [0, 0.05) is 39.4 Å². The fourth-order valence-electron chi connectivity index (χ4n) is 2.59. The van der Waals surface area contributed by atoms with E-state index in [1.54, 1.807) is 18.2 Å². The van der Waals surface area contributed by atoms with Crippen LogP contribution in [0.15, 0.2) is 49.5 Å². The zero-order valence-electron chi connectivity index (χ0n) is 14.6. The Morgan fingerprint density at radius 3 is 2.81 bits per heavy atom. The number of H-pyrrole nitrogens is 2. The molecule has 0 saturated carbocycles. The second kappa shape index (κ2) is 8.22. The number of fused-ring (bicyclic) bond motifs is 1. The van der Waals surface area contributed by atoms with E-state index in [0.717, 1.165) is 10.9 Å². The van der Waals surface area contributed by atoms with E-state index in [1.807, 2.05) is 6.92 Å². The number of aromatic hydroxyl groups is 1. The van der Waals surface area contributed by atoms with Crippen molar-refractivity contribution in [3.8, 4) is 11.6 Å². The van der Waals surface area contributed by atoms with E-state index in [1.165, 1.54) is 18.5 Å². The third-order valence-corrected chi connectivity index (χ3v) is 4.38. The number of hydrogen-bond donors (Lipinski definition) is 3. The molecule has 3 N–H and O–H groups in total. The van der Waals surface area contributed by atoms with Crippen LogP contribution in [0.3, 0.4) is 0 Å². The molecule has 3 rings (SSSR count). The molecule has 140 valence electrons. The number of nitrogens with zero attached hydrogens (tertiary/aromatic N) is 1. The minimum Gasteiger partial charge on any atom is -0.494 e. The van der Waals surface area contributed by atoms with Crippen molar-refractivity contribution in [1.29, 1.82) is 0 Å². The lowest BCUT2D eigenvalue weighted by atomic mass is 10.1. The van der Waals surface area contributed by atoms with Gasteiger partial charge in [-0.1, -0.05) is 22.9 Å². The van der Waals surface area contributed by atoms with Crippen LogP contribution in [0.25, 0.3) is 10.8 Å². The van der Waals surface area contributed by atoms with E-state index in [-0.39, 0.29) is 29.2 Å². The van der Waals surface area contributed by atoms with E-state index >= 15 is 0 Å². The summed E-state index contributed by atoms with van der Waals surface area (Å²) >= 11 is 3.36. The molecule has 0 fully saturated rings. The first kappa shape index (κ1) is 18.9. The summed E-state index contributed by atoms with van der Waals surface area (Å²) in [7, 11) is 0. The van der Waals surface area contributed by atoms with Gasteiger partial charge < -0.3 is 14.8 Å². The van der Waals surface area contributed by atoms with Gasteiger partial charge in [-0.25, -0.2) is 0 Å². The Bertz CT molecular complexity index is 1120. The number of ether oxygens (including phenoxy) is 1. The molecule has 0 saturated heterocycles. The SMILES string of the molecule is CCCOc1c[nH]c(CN=Cc2c(O)[nH]c(=O)c3ccc(Br)cc23)cc1=O. The molecule has 2 heterocycles. The van der Waals surface area contributed by atoms with E-state index < -0.39 is 0 Å². The fraction of sp³-hybridized carbons (Fsp3) is 0.211. The summed E-state index contributed by atoms with van der Waals surface area (Å²) in [5.74, 6) is 0.0184. The molecule has 0 atom stereocenters. The molecule has 27 heavy (non-hydrogen) atoms. The van der Waals surface area contributed by atoms with Crippen LogP contribution in [0.5, 0.6) is 11.6 Å². The summed E-state index contributed by atoms with van der Waals surface area (Å²) in [4.78, 5) is 33.6. The van der Waals surface area contributed by atoms with Gasteiger partial charge in [0.15, 0.2) is 5.75 Å². The predicted molar refractivity (Wildman–Crippen MR) is 108 cm³/mol. The molecule has 0 spiro atoms. The molecule has 0 unspecified atom stereocenters. The number of aliphatic imine (C=N–C) groups is 1. The maximum atomic E-state index is 12.0. The van der Waals surface area contributed by atoms with Gasteiger partial charge in [-0.15, -0.1) is 0 Å². The highest BCUT2D eigenvalue weighted by Gasteiger charge is 2.10. The van der Waals surface area contributed by atoms with Crippen LogP contribution in [-0.2, 0) is 6.54 Å². The second-order valence-corrected chi connectivity index (χ2v) is 6.83. The number of hydrogen-bond acceptors (Lipinski definition) is 5. The monoisotopic (exact) mass is 431 g/mol. The second-order valence-electron chi connectivity index (χ2n) is 5.91. The third-order valence-electron chi connectivity index (χ3n) is 3.88. The molecule has 7 nitrogen and oxygen atoms in total. The minimum atomic E-state index is -0.376. The average molecular weight is 432 g/mol. The van der Waals surface area contributed by atoms with Crippen LogP contribution < -0.4 is 15.7 Å². The normalized spacial score (nSPS) is 11.3. The van der Waals surface area contributed by atoms with E-state index in [2.05, 4.69) is 30.9 Å². The molecule has 2 aromatic heterocycles. The predicted octanol–water partition coefficient (Wildman–Crippen LogP) is 3.09. The molecule has 8 heteroatoms. The summed E-state index contributed by atoms with van der Waals surface area (Å²) in [6, 6.07) is 6.60. The zero-order chi connectivity index (χ0) is 19.4. The van der Waals surface area contributed by atoms with Crippen molar-refractivity contribution < 1.29 is 9.84 Å². The first-order chi connectivity index (χ1) is 13.0. The maximum absolute atomic E-state index is 12.0. The maximum Gasteiger partial charge on any atom is 0.258 e. The van der Waals surface area contributed by atoms with Crippen molar-refractivity contribution in [2.45, 2.75) is 19.9 Å². The highest BCUT2D eigenvalue weighted by molar-refractivity contribution is 9.10. The Labute approximate surface area is 162 Å². The molecule has 0 aliphatic heterocycles. The summed E-state index contributed by atoms with van der Waals surface area (Å²) in [5.41, 5.74) is 0.415. The Morgan fingerprint density at radius 2 is 2.07 bits per heavy atom. The minimum absolute atomic E-state index is 0.206. The van der Waals surface area contributed by atoms with Crippen LogP contribution in [0, 0.1) is 0 Å². The van der Waals surface area contributed by atoms with Gasteiger partial charge in [0.2, 0.25) is 11.3 Å². The number of aromatic amines is 2. The Hall–Kier alpha value is -2.87. The van der Waals surface area contributed by atoms with Gasteiger partial charge in [0.25, 0.3) is 5.56 Å². The number of rotatable bonds is 6. The van der Waals surface area contributed by atoms with Gasteiger partial charge >= 0.3 is 0 Å². The number of pyridine rings is 2. The molecule has 0 bridgehead atoms. The van der Waals surface area contributed by atoms with E-state index in [9.17, 15) is 14.7 Å². The highest BCUT2D eigenvalue weighted by atomic mass is 79.9. The van der Waals surface area contributed by atoms with E-state index in [0.29, 0.717) is 28.6 Å². The number of halogens is 1. The average Bonchev–Trinajstić information content (AvgIpc) is 2.63. The first-order valence-corrected chi connectivity index (χ1v) is 9.17. The molecule has 0 aliphatic carbocycles. The van der Waals surface area contributed by atoms with Gasteiger partial charge in [-0.2, -0.15) is 0 Å². The standard InChI is InChI=1S/C19H18BrN3O4/c1-2-5-27-17-10-22-12(7-16(17)24)8-21-9-15-14-6-11(20)3-4-13(14)18(25)23-19(15)26/h3-4,6-7,9-10H,2,5,8H2,1H3,(H,22,24)(H2,23,25,26). The number of benzene rings is 1. The van der Waals surface area contributed by atoms with Crippen molar-refractivity contribution in [2.24, 2.45) is 4.99 Å². The van der Waals surface area contributed by atoms with Crippen LogP contribution in [-0.4, -0.2) is 27.9 Å². The van der Waals surface area contributed by atoms with Crippen molar-refractivity contribution in [1.82, 2.24) is 9.97 Å². The van der Waals surface area contributed by atoms with Crippen LogP contribution in [0.2, 0.25) is 0 Å². The molecule has 0 radical (unpaired) electrons. The smallest absolute Gasteiger partial charge is 0.258 e. The molecule has 3 aromatic rings. The summed E-state index contributed by atoms with van der Waals surface area (Å²) in [6.07, 6.45) is 3.81. The number of aromatic nitrogens is 2. The number of nitrogens with one attached hydrogen (secondary N) is 2. The third kappa shape index (κ3) is 4.28. The summed E-state index contributed by atoms with van der Waals surface area (Å²) < 4.78 is 6.13. The van der Waals surface area contributed by atoms with Crippen LogP contribution in [0.4, 0.5) is 0 Å². The van der Waals surface area contributed by atoms with Crippen molar-refractivity contribution in [3.63, 3.8) is 0 Å². The molecular weight excluding hydrogens is 414 g/mol. The first-order valence-electron chi connectivity index (χ1n) is 8.38. The Balaban J connectivity index is 1.87. The lowest BCUT2D eigenvalue weighted by Crippen LogP contribution is -2.10. The largest absolute Gasteiger partial charge is 0.494 e. The fourth-order valence-corrected chi connectivity index (χ4v) is 2.95. The van der Waals surface area contributed by atoms with Gasteiger partial charge in [0.05, 0.1) is 18.7 Å². The Kier molecular flexibility index (Phi) is 5.75. The Morgan fingerprint density at radius 1 is 1.26 bits per heavy atom. The van der Waals surface area contributed by atoms with Crippen LogP contribution in [0.1, 0.15) is 24.6 Å². The quantitative estimate of drug-likeness (QED) is 0.521. The van der Waals surface area contributed by atoms with Gasteiger partial charge in [-0.3, -0.25) is 19.6 Å². The van der Waals surface area contributed by atoms with Crippen molar-refractivity contribution >= 4 is 32.9 Å². The summed E-state index contributed by atoms with van der Waals surface area (Å²) in [6.45, 7) is 2.65. The van der Waals surface area contributed by atoms with Crippen molar-refractivity contribution in [2.75, 3.05) is 6.61 Å². The van der Waals surface area contributed by atoms with E-state index in [4.69, 9.17) is 4.74 Å². The van der Waals surface area contributed by atoms with Gasteiger partial charge in [-0.05, 0) is 24.6 Å².